The lowest BCUT2D eigenvalue weighted by molar-refractivity contribution is -0.0444. The summed E-state index contributed by atoms with van der Waals surface area (Å²) in [6.45, 7) is 8.72. The Morgan fingerprint density at radius 2 is 1.94 bits per heavy atom. The van der Waals surface area contributed by atoms with Crippen molar-refractivity contribution in [2.45, 2.75) is 52.2 Å². The van der Waals surface area contributed by atoms with Gasteiger partial charge in [-0.15, -0.1) is 0 Å². The Morgan fingerprint density at radius 1 is 1.29 bits per heavy atom. The van der Waals surface area contributed by atoms with Crippen molar-refractivity contribution in [1.82, 2.24) is 0 Å². The first-order valence-corrected chi connectivity index (χ1v) is 6.89. The highest BCUT2D eigenvalue weighted by atomic mass is 16.3. The van der Waals surface area contributed by atoms with Gasteiger partial charge in [0.1, 0.15) is 5.60 Å². The number of rotatable bonds is 0. The van der Waals surface area contributed by atoms with Crippen molar-refractivity contribution < 1.29 is 10.2 Å². The van der Waals surface area contributed by atoms with Gasteiger partial charge in [0.05, 0.1) is 6.10 Å². The standard InChI is InChI=1S/C15H24O2/c1-8-5-6-9-12(8)13-10(14(13,2)3)7-11(16)15(9,4)17/h6,8,10-13,16-17H,5,7H2,1-4H3/t8-,10-,11-,12-,13-,15+/m1/s1. The Labute approximate surface area is 104 Å². The summed E-state index contributed by atoms with van der Waals surface area (Å²) in [5, 5.41) is 20.9. The van der Waals surface area contributed by atoms with E-state index in [-0.39, 0.29) is 0 Å². The number of allylic oxidation sites excluding steroid dienone is 1. The molecule has 0 amide bonds. The van der Waals surface area contributed by atoms with E-state index in [0.29, 0.717) is 29.1 Å². The van der Waals surface area contributed by atoms with Crippen LogP contribution in [0.4, 0.5) is 0 Å². The molecule has 0 unspecified atom stereocenters. The zero-order chi connectivity index (χ0) is 12.6. The first kappa shape index (κ1) is 11.7. The summed E-state index contributed by atoms with van der Waals surface area (Å²) in [4.78, 5) is 0. The molecule has 0 aliphatic heterocycles. The van der Waals surface area contributed by atoms with Crippen LogP contribution in [-0.4, -0.2) is 21.9 Å². The molecule has 3 aliphatic carbocycles. The minimum absolute atomic E-state index is 0.347. The summed E-state index contributed by atoms with van der Waals surface area (Å²) in [5.41, 5.74) is 0.467. The first-order valence-electron chi connectivity index (χ1n) is 6.89. The molecule has 0 spiro atoms. The number of hydrogen-bond donors (Lipinski definition) is 2. The Hall–Kier alpha value is -0.340. The van der Waals surface area contributed by atoms with E-state index < -0.39 is 11.7 Å². The normalized spacial score (nSPS) is 55.6. The van der Waals surface area contributed by atoms with E-state index in [0.717, 1.165) is 18.4 Å². The van der Waals surface area contributed by atoms with Crippen LogP contribution in [-0.2, 0) is 0 Å². The van der Waals surface area contributed by atoms with Gasteiger partial charge in [-0.3, -0.25) is 0 Å². The van der Waals surface area contributed by atoms with E-state index >= 15 is 0 Å². The second-order valence-electron chi connectivity index (χ2n) is 7.25. The first-order chi connectivity index (χ1) is 7.78. The molecular weight excluding hydrogens is 212 g/mol. The van der Waals surface area contributed by atoms with Gasteiger partial charge in [-0.05, 0) is 54.4 Å². The average Bonchev–Trinajstić information content (AvgIpc) is 2.58. The highest BCUT2D eigenvalue weighted by molar-refractivity contribution is 5.33. The van der Waals surface area contributed by atoms with Gasteiger partial charge in [0.25, 0.3) is 0 Å². The van der Waals surface area contributed by atoms with Gasteiger partial charge in [0, 0.05) is 0 Å². The molecule has 0 aromatic rings. The SMILES string of the molecule is C[C@@H]1CC=C2[C@@H]1[C@H]1[C@@H](C[C@@H](O)[C@@]2(C)O)C1(C)C. The minimum Gasteiger partial charge on any atom is -0.390 e. The molecule has 2 heteroatoms. The van der Waals surface area contributed by atoms with Crippen LogP contribution >= 0.6 is 0 Å². The van der Waals surface area contributed by atoms with E-state index in [4.69, 9.17) is 0 Å². The summed E-state index contributed by atoms with van der Waals surface area (Å²) < 4.78 is 0. The fourth-order valence-electron chi connectivity index (χ4n) is 4.61. The van der Waals surface area contributed by atoms with Gasteiger partial charge < -0.3 is 10.2 Å². The molecule has 0 bridgehead atoms. The van der Waals surface area contributed by atoms with E-state index in [1.165, 1.54) is 0 Å². The molecule has 2 nitrogen and oxygen atoms in total. The second kappa shape index (κ2) is 3.16. The van der Waals surface area contributed by atoms with Crippen molar-refractivity contribution in [2.75, 3.05) is 0 Å². The maximum Gasteiger partial charge on any atom is 0.109 e. The Kier molecular flexibility index (Phi) is 2.18. The molecule has 0 heterocycles. The van der Waals surface area contributed by atoms with E-state index in [9.17, 15) is 10.2 Å². The summed E-state index contributed by atoms with van der Waals surface area (Å²) >= 11 is 0. The predicted octanol–water partition coefficient (Wildman–Crippen LogP) is 2.36. The molecule has 2 fully saturated rings. The lowest BCUT2D eigenvalue weighted by atomic mass is 9.77. The average molecular weight is 236 g/mol. The van der Waals surface area contributed by atoms with Crippen molar-refractivity contribution in [1.29, 1.82) is 0 Å². The van der Waals surface area contributed by atoms with Crippen LogP contribution in [0.5, 0.6) is 0 Å². The molecule has 2 N–H and O–H groups in total. The second-order valence-corrected chi connectivity index (χ2v) is 7.25. The van der Waals surface area contributed by atoms with Crippen LogP contribution in [0.15, 0.2) is 11.6 Å². The number of aliphatic hydroxyl groups excluding tert-OH is 1. The fourth-order valence-corrected chi connectivity index (χ4v) is 4.61. The van der Waals surface area contributed by atoms with Gasteiger partial charge in [0.15, 0.2) is 0 Å². The van der Waals surface area contributed by atoms with E-state index in [1.807, 2.05) is 0 Å². The van der Waals surface area contributed by atoms with Gasteiger partial charge in [-0.1, -0.05) is 26.8 Å². The lowest BCUT2D eigenvalue weighted by Gasteiger charge is -2.34. The zero-order valence-corrected chi connectivity index (χ0v) is 11.3. The van der Waals surface area contributed by atoms with Gasteiger partial charge in [-0.2, -0.15) is 0 Å². The summed E-state index contributed by atoms with van der Waals surface area (Å²) in [5.74, 6) is 2.36. The minimum atomic E-state index is -1.00. The molecule has 17 heavy (non-hydrogen) atoms. The molecule has 0 aromatic carbocycles. The van der Waals surface area contributed by atoms with Gasteiger partial charge in [0.2, 0.25) is 0 Å². The summed E-state index contributed by atoms with van der Waals surface area (Å²) in [6, 6.07) is 0. The molecule has 0 aromatic heterocycles. The van der Waals surface area contributed by atoms with E-state index in [2.05, 4.69) is 26.8 Å². The summed E-state index contributed by atoms with van der Waals surface area (Å²) in [7, 11) is 0. The largest absolute Gasteiger partial charge is 0.390 e. The van der Waals surface area contributed by atoms with Gasteiger partial charge >= 0.3 is 0 Å². The van der Waals surface area contributed by atoms with Crippen LogP contribution in [0.1, 0.15) is 40.5 Å². The van der Waals surface area contributed by atoms with Crippen LogP contribution < -0.4 is 0 Å². The molecule has 3 aliphatic rings. The van der Waals surface area contributed by atoms with Crippen LogP contribution in [0.2, 0.25) is 0 Å². The highest BCUT2D eigenvalue weighted by Crippen LogP contribution is 2.70. The monoisotopic (exact) mass is 236 g/mol. The van der Waals surface area contributed by atoms with Gasteiger partial charge in [-0.25, -0.2) is 0 Å². The van der Waals surface area contributed by atoms with Crippen molar-refractivity contribution >= 4 is 0 Å². The predicted molar refractivity (Wildman–Crippen MR) is 67.4 cm³/mol. The maximum absolute atomic E-state index is 10.6. The van der Waals surface area contributed by atoms with Crippen molar-refractivity contribution in [2.24, 2.45) is 29.1 Å². The highest BCUT2D eigenvalue weighted by Gasteiger charge is 2.66. The molecule has 2 saturated carbocycles. The molecule has 6 atom stereocenters. The van der Waals surface area contributed by atoms with Crippen LogP contribution in [0.25, 0.3) is 0 Å². The number of hydrogen-bond acceptors (Lipinski definition) is 2. The summed E-state index contributed by atoms with van der Waals surface area (Å²) in [6.07, 6.45) is 3.40. The van der Waals surface area contributed by atoms with Crippen molar-refractivity contribution in [3.63, 3.8) is 0 Å². The van der Waals surface area contributed by atoms with E-state index in [1.54, 1.807) is 6.92 Å². The fraction of sp³-hybridized carbons (Fsp3) is 0.867. The Bertz CT molecular complexity index is 380. The maximum atomic E-state index is 10.6. The third-order valence-corrected chi connectivity index (χ3v) is 5.92. The van der Waals surface area contributed by atoms with Crippen LogP contribution in [0.3, 0.4) is 0 Å². The quantitative estimate of drug-likeness (QED) is 0.634. The molecule has 3 rings (SSSR count). The Balaban J connectivity index is 2.03. The smallest absolute Gasteiger partial charge is 0.109 e. The lowest BCUT2D eigenvalue weighted by Crippen LogP contribution is -2.43. The molecule has 96 valence electrons. The van der Waals surface area contributed by atoms with Crippen LogP contribution in [0, 0.1) is 29.1 Å². The molecule has 0 radical (unpaired) electrons. The zero-order valence-electron chi connectivity index (χ0n) is 11.3. The third kappa shape index (κ3) is 1.34. The number of fused-ring (bicyclic) bond motifs is 3. The molecule has 0 saturated heterocycles. The van der Waals surface area contributed by atoms with Crippen molar-refractivity contribution in [3.8, 4) is 0 Å². The topological polar surface area (TPSA) is 40.5 Å². The van der Waals surface area contributed by atoms with Crippen molar-refractivity contribution in [3.05, 3.63) is 11.6 Å². The Morgan fingerprint density at radius 3 is 2.59 bits per heavy atom. The third-order valence-electron chi connectivity index (χ3n) is 5.92. The number of aliphatic hydroxyl groups is 2. The molecular formula is C15H24O2.